The maximum Gasteiger partial charge on any atom is 0.162 e. The number of carbonyl (C=O) groups excluding carboxylic acids is 1. The van der Waals surface area contributed by atoms with Crippen molar-refractivity contribution in [1.82, 2.24) is 0 Å². The summed E-state index contributed by atoms with van der Waals surface area (Å²) in [7, 11) is 3.26. The highest BCUT2D eigenvalue weighted by Crippen LogP contribution is 2.14. The summed E-state index contributed by atoms with van der Waals surface area (Å²) in [6, 6.07) is 7.17. The summed E-state index contributed by atoms with van der Waals surface area (Å²) in [4.78, 5) is 15.7. The van der Waals surface area contributed by atoms with Crippen LogP contribution in [0.4, 0.5) is 0 Å². The summed E-state index contributed by atoms with van der Waals surface area (Å²) in [6.07, 6.45) is 1.32. The minimum atomic E-state index is 0.144. The molecule has 0 fully saturated rings. The van der Waals surface area contributed by atoms with E-state index >= 15 is 0 Å². The standard InChI is InChI=1S/C13H18N2O2S/c1-15-13(14)18-9-3-4-12(16)10-5-7-11(17-2)8-6-10/h5-8H,3-4,9H2,1-2H3,(H2,14,15). The topological polar surface area (TPSA) is 64.7 Å². The Labute approximate surface area is 112 Å². The van der Waals surface area contributed by atoms with Gasteiger partial charge in [0, 0.05) is 24.8 Å². The average molecular weight is 266 g/mol. The van der Waals surface area contributed by atoms with Crippen molar-refractivity contribution < 1.29 is 9.53 Å². The molecule has 0 aromatic heterocycles. The Balaban J connectivity index is 2.36. The fraction of sp³-hybridized carbons (Fsp3) is 0.385. The van der Waals surface area contributed by atoms with Gasteiger partial charge in [0.25, 0.3) is 0 Å². The molecule has 0 saturated heterocycles. The van der Waals surface area contributed by atoms with Gasteiger partial charge in [-0.1, -0.05) is 11.8 Å². The molecule has 1 aromatic carbocycles. The van der Waals surface area contributed by atoms with E-state index in [1.165, 1.54) is 11.8 Å². The van der Waals surface area contributed by atoms with E-state index in [1.54, 1.807) is 38.4 Å². The van der Waals surface area contributed by atoms with Crippen LogP contribution in [0.2, 0.25) is 0 Å². The molecule has 0 aliphatic heterocycles. The Kier molecular flexibility index (Phi) is 6.28. The minimum Gasteiger partial charge on any atom is -0.497 e. The normalized spacial score (nSPS) is 11.3. The molecule has 2 N–H and O–H groups in total. The van der Waals surface area contributed by atoms with Gasteiger partial charge in [-0.2, -0.15) is 0 Å². The van der Waals surface area contributed by atoms with E-state index in [9.17, 15) is 4.79 Å². The van der Waals surface area contributed by atoms with Crippen LogP contribution in [0.3, 0.4) is 0 Å². The number of amidine groups is 1. The summed E-state index contributed by atoms with van der Waals surface area (Å²) >= 11 is 1.48. The zero-order valence-corrected chi connectivity index (χ0v) is 11.5. The van der Waals surface area contributed by atoms with Crippen molar-refractivity contribution in [3.63, 3.8) is 0 Å². The quantitative estimate of drug-likeness (QED) is 0.371. The first-order valence-electron chi connectivity index (χ1n) is 5.69. The second kappa shape index (κ2) is 7.76. The van der Waals surface area contributed by atoms with Gasteiger partial charge in [-0.3, -0.25) is 9.79 Å². The number of methoxy groups -OCH3 is 1. The van der Waals surface area contributed by atoms with Crippen molar-refractivity contribution >= 4 is 22.7 Å². The van der Waals surface area contributed by atoms with Gasteiger partial charge in [-0.25, -0.2) is 0 Å². The monoisotopic (exact) mass is 266 g/mol. The molecule has 0 spiro atoms. The average Bonchev–Trinajstić information content (AvgIpc) is 2.43. The molecular weight excluding hydrogens is 248 g/mol. The second-order valence-electron chi connectivity index (χ2n) is 3.67. The lowest BCUT2D eigenvalue weighted by molar-refractivity contribution is 0.0982. The number of ketones is 1. The number of thioether (sulfide) groups is 1. The summed E-state index contributed by atoms with van der Waals surface area (Å²) in [6.45, 7) is 0. The molecule has 0 heterocycles. The molecule has 0 aliphatic carbocycles. The van der Waals surface area contributed by atoms with E-state index in [2.05, 4.69) is 4.99 Å². The maximum absolute atomic E-state index is 11.8. The number of Topliss-reactive ketones (excluding diaryl/α,β-unsaturated/α-hetero) is 1. The molecule has 0 saturated carbocycles. The predicted octanol–water partition coefficient (Wildman–Crippen LogP) is 2.34. The number of hydrogen-bond acceptors (Lipinski definition) is 4. The summed E-state index contributed by atoms with van der Waals surface area (Å²) in [5, 5.41) is 0.562. The number of carbonyl (C=O) groups is 1. The number of nitrogens with two attached hydrogens (primary N) is 1. The molecular formula is C13H18N2O2S. The number of rotatable bonds is 6. The van der Waals surface area contributed by atoms with Gasteiger partial charge in [0.05, 0.1) is 7.11 Å². The molecule has 0 unspecified atom stereocenters. The first-order chi connectivity index (χ1) is 8.67. The molecule has 5 heteroatoms. The van der Waals surface area contributed by atoms with Gasteiger partial charge in [-0.05, 0) is 30.7 Å². The highest BCUT2D eigenvalue weighted by Gasteiger charge is 2.05. The van der Waals surface area contributed by atoms with Crippen molar-refractivity contribution in [3.8, 4) is 5.75 Å². The minimum absolute atomic E-state index is 0.144. The molecule has 98 valence electrons. The first kappa shape index (κ1) is 14.6. The summed E-state index contributed by atoms with van der Waals surface area (Å²) < 4.78 is 5.04. The Bertz CT molecular complexity index is 416. The van der Waals surface area contributed by atoms with Crippen LogP contribution < -0.4 is 10.5 Å². The fourth-order valence-corrected chi connectivity index (χ4v) is 2.02. The van der Waals surface area contributed by atoms with Crippen LogP contribution in [0, 0.1) is 0 Å². The van der Waals surface area contributed by atoms with E-state index in [-0.39, 0.29) is 5.78 Å². The Hall–Kier alpha value is -1.49. The van der Waals surface area contributed by atoms with Gasteiger partial charge < -0.3 is 10.5 Å². The van der Waals surface area contributed by atoms with E-state index in [4.69, 9.17) is 10.5 Å². The van der Waals surface area contributed by atoms with Crippen LogP contribution in [0.1, 0.15) is 23.2 Å². The van der Waals surface area contributed by atoms with E-state index in [0.29, 0.717) is 11.6 Å². The van der Waals surface area contributed by atoms with Gasteiger partial charge >= 0.3 is 0 Å². The molecule has 1 rings (SSSR count). The number of aliphatic imine (C=N–C) groups is 1. The van der Waals surface area contributed by atoms with Crippen LogP contribution in [0.25, 0.3) is 0 Å². The van der Waals surface area contributed by atoms with E-state index < -0.39 is 0 Å². The summed E-state index contributed by atoms with van der Waals surface area (Å²) in [5.74, 6) is 1.71. The van der Waals surface area contributed by atoms with Gasteiger partial charge in [0.2, 0.25) is 0 Å². The van der Waals surface area contributed by atoms with E-state index in [1.807, 2.05) is 0 Å². The smallest absolute Gasteiger partial charge is 0.162 e. The van der Waals surface area contributed by atoms with Gasteiger partial charge in [0.15, 0.2) is 11.0 Å². The van der Waals surface area contributed by atoms with Crippen LogP contribution in [0.5, 0.6) is 5.75 Å². The third kappa shape index (κ3) is 4.79. The third-order valence-electron chi connectivity index (χ3n) is 2.43. The summed E-state index contributed by atoms with van der Waals surface area (Å²) in [5.41, 5.74) is 6.27. The lowest BCUT2D eigenvalue weighted by atomic mass is 10.1. The lowest BCUT2D eigenvalue weighted by Crippen LogP contribution is -2.07. The predicted molar refractivity (Wildman–Crippen MR) is 76.6 cm³/mol. The Morgan fingerprint density at radius 1 is 1.39 bits per heavy atom. The molecule has 0 atom stereocenters. The highest BCUT2D eigenvalue weighted by atomic mass is 32.2. The molecule has 0 bridgehead atoms. The Morgan fingerprint density at radius 3 is 2.61 bits per heavy atom. The zero-order valence-electron chi connectivity index (χ0n) is 10.7. The second-order valence-corrected chi connectivity index (χ2v) is 4.78. The molecule has 4 nitrogen and oxygen atoms in total. The highest BCUT2D eigenvalue weighted by molar-refractivity contribution is 8.13. The number of ether oxygens (including phenoxy) is 1. The zero-order chi connectivity index (χ0) is 13.4. The van der Waals surface area contributed by atoms with Crippen LogP contribution >= 0.6 is 11.8 Å². The maximum atomic E-state index is 11.8. The van der Waals surface area contributed by atoms with Gasteiger partial charge in [-0.15, -0.1) is 0 Å². The third-order valence-corrected chi connectivity index (χ3v) is 3.40. The Morgan fingerprint density at radius 2 is 2.06 bits per heavy atom. The number of nitrogens with zero attached hydrogens (tertiary/aromatic N) is 1. The van der Waals surface area contributed by atoms with Crippen molar-refractivity contribution in [3.05, 3.63) is 29.8 Å². The molecule has 0 radical (unpaired) electrons. The van der Waals surface area contributed by atoms with Crippen molar-refractivity contribution in [2.75, 3.05) is 19.9 Å². The largest absolute Gasteiger partial charge is 0.497 e. The SMILES string of the molecule is CN=C(N)SCCCC(=O)c1ccc(OC)cc1. The van der Waals surface area contributed by atoms with Crippen LogP contribution in [-0.4, -0.2) is 30.9 Å². The molecule has 0 amide bonds. The molecule has 18 heavy (non-hydrogen) atoms. The van der Waals surface area contributed by atoms with E-state index in [0.717, 1.165) is 23.5 Å². The van der Waals surface area contributed by atoms with Gasteiger partial charge in [0.1, 0.15) is 5.75 Å². The molecule has 1 aromatic rings. The number of benzene rings is 1. The van der Waals surface area contributed by atoms with Crippen molar-refractivity contribution in [2.45, 2.75) is 12.8 Å². The van der Waals surface area contributed by atoms with Crippen LogP contribution in [-0.2, 0) is 0 Å². The molecule has 0 aliphatic rings. The lowest BCUT2D eigenvalue weighted by Gasteiger charge is -2.03. The van der Waals surface area contributed by atoms with Crippen molar-refractivity contribution in [1.29, 1.82) is 0 Å². The first-order valence-corrected chi connectivity index (χ1v) is 6.68. The van der Waals surface area contributed by atoms with Crippen LogP contribution in [0.15, 0.2) is 29.3 Å². The van der Waals surface area contributed by atoms with Crippen molar-refractivity contribution in [2.24, 2.45) is 10.7 Å². The fourth-order valence-electron chi connectivity index (χ4n) is 1.40. The number of hydrogen-bond donors (Lipinski definition) is 1.